The van der Waals surface area contributed by atoms with Gasteiger partial charge in [0.25, 0.3) is 5.91 Å². The molecule has 8 nitrogen and oxygen atoms in total. The van der Waals surface area contributed by atoms with Gasteiger partial charge in [0, 0.05) is 13.1 Å². The molecule has 2 aromatic carbocycles. The first-order chi connectivity index (χ1) is 14.9. The molecule has 1 unspecified atom stereocenters. The summed E-state index contributed by atoms with van der Waals surface area (Å²) in [7, 11) is -3.53. The van der Waals surface area contributed by atoms with E-state index in [1.807, 2.05) is 31.2 Å². The second kappa shape index (κ2) is 10.6. The Kier molecular flexibility index (Phi) is 7.89. The number of carbonyl (C=O) groups is 1. The first-order valence-electron chi connectivity index (χ1n) is 10.2. The van der Waals surface area contributed by atoms with Gasteiger partial charge in [-0.15, -0.1) is 0 Å². The van der Waals surface area contributed by atoms with E-state index in [-0.39, 0.29) is 17.4 Å². The van der Waals surface area contributed by atoms with E-state index in [2.05, 4.69) is 5.32 Å². The number of hydrogen-bond acceptors (Lipinski definition) is 6. The fraction of sp³-hybridized carbons (Fsp3) is 0.409. The zero-order chi connectivity index (χ0) is 22.3. The van der Waals surface area contributed by atoms with Crippen molar-refractivity contribution in [2.75, 3.05) is 39.5 Å². The predicted octanol–water partition coefficient (Wildman–Crippen LogP) is 1.98. The lowest BCUT2D eigenvalue weighted by Gasteiger charge is -2.26. The van der Waals surface area contributed by atoms with Crippen LogP contribution in [0.15, 0.2) is 53.4 Å². The highest BCUT2D eigenvalue weighted by Crippen LogP contribution is 2.20. The van der Waals surface area contributed by atoms with Crippen molar-refractivity contribution in [1.82, 2.24) is 9.62 Å². The lowest BCUT2D eigenvalue weighted by atomic mass is 10.2. The van der Waals surface area contributed by atoms with Gasteiger partial charge in [-0.05, 0) is 49.7 Å². The standard InChI is InChI=1S/C22H28N2O6S/c1-17-5-3-4-6-21(17)30-18(2)22(25)23-11-14-29-19-7-9-20(10-8-19)31(26,27)24-12-15-28-16-13-24/h3-10,18H,11-16H2,1-2H3,(H,23,25). The molecule has 31 heavy (non-hydrogen) atoms. The molecule has 0 aliphatic carbocycles. The van der Waals surface area contributed by atoms with E-state index in [0.29, 0.717) is 44.3 Å². The van der Waals surface area contributed by atoms with Gasteiger partial charge < -0.3 is 19.5 Å². The summed E-state index contributed by atoms with van der Waals surface area (Å²) in [6.07, 6.45) is -0.634. The minimum atomic E-state index is -3.53. The first-order valence-corrected chi connectivity index (χ1v) is 11.6. The lowest BCUT2D eigenvalue weighted by molar-refractivity contribution is -0.127. The summed E-state index contributed by atoms with van der Waals surface area (Å²) in [5, 5.41) is 2.77. The van der Waals surface area contributed by atoms with E-state index in [1.165, 1.54) is 16.4 Å². The Balaban J connectivity index is 1.43. The summed E-state index contributed by atoms with van der Waals surface area (Å²) >= 11 is 0. The Bertz CT molecular complexity index is 972. The third-order valence-corrected chi connectivity index (χ3v) is 6.78. The van der Waals surface area contributed by atoms with Gasteiger partial charge in [0.15, 0.2) is 6.10 Å². The van der Waals surface area contributed by atoms with E-state index in [0.717, 1.165) is 5.56 Å². The Hall–Kier alpha value is -2.62. The van der Waals surface area contributed by atoms with Crippen molar-refractivity contribution in [2.45, 2.75) is 24.8 Å². The van der Waals surface area contributed by atoms with Gasteiger partial charge in [0.1, 0.15) is 18.1 Å². The number of hydrogen-bond donors (Lipinski definition) is 1. The van der Waals surface area contributed by atoms with Gasteiger partial charge >= 0.3 is 0 Å². The molecule has 3 rings (SSSR count). The van der Waals surface area contributed by atoms with Gasteiger partial charge in [-0.25, -0.2) is 8.42 Å². The Labute approximate surface area is 183 Å². The van der Waals surface area contributed by atoms with Crippen LogP contribution >= 0.6 is 0 Å². The van der Waals surface area contributed by atoms with Gasteiger partial charge in [-0.2, -0.15) is 4.31 Å². The molecule has 0 bridgehead atoms. The molecule has 1 heterocycles. The quantitative estimate of drug-likeness (QED) is 0.590. The van der Waals surface area contributed by atoms with Crippen LogP contribution in [0.3, 0.4) is 0 Å². The Morgan fingerprint density at radius 3 is 2.48 bits per heavy atom. The minimum absolute atomic E-state index is 0.220. The van der Waals surface area contributed by atoms with E-state index in [9.17, 15) is 13.2 Å². The number of amides is 1. The van der Waals surface area contributed by atoms with Crippen molar-refractivity contribution in [3.05, 3.63) is 54.1 Å². The van der Waals surface area contributed by atoms with E-state index < -0.39 is 16.1 Å². The third-order valence-electron chi connectivity index (χ3n) is 4.87. The maximum atomic E-state index is 12.6. The van der Waals surface area contributed by atoms with Crippen LogP contribution in [0.5, 0.6) is 11.5 Å². The number of carbonyl (C=O) groups excluding carboxylic acids is 1. The van der Waals surface area contributed by atoms with Crippen molar-refractivity contribution >= 4 is 15.9 Å². The SMILES string of the molecule is Cc1ccccc1OC(C)C(=O)NCCOc1ccc(S(=O)(=O)N2CCOCC2)cc1. The number of nitrogens with one attached hydrogen (secondary N) is 1. The number of ether oxygens (including phenoxy) is 3. The van der Waals surface area contributed by atoms with Crippen LogP contribution in [0.25, 0.3) is 0 Å². The van der Waals surface area contributed by atoms with Crippen LogP contribution in [-0.4, -0.2) is 64.2 Å². The maximum absolute atomic E-state index is 12.6. The maximum Gasteiger partial charge on any atom is 0.260 e. The van der Waals surface area contributed by atoms with Crippen molar-refractivity contribution in [1.29, 1.82) is 0 Å². The molecular formula is C22H28N2O6S. The molecular weight excluding hydrogens is 420 g/mol. The van der Waals surface area contributed by atoms with Crippen LogP contribution in [0.4, 0.5) is 0 Å². The second-order valence-corrected chi connectivity index (χ2v) is 9.09. The number of morpholine rings is 1. The minimum Gasteiger partial charge on any atom is -0.492 e. The van der Waals surface area contributed by atoms with Crippen LogP contribution < -0.4 is 14.8 Å². The highest BCUT2D eigenvalue weighted by molar-refractivity contribution is 7.89. The molecule has 2 aromatic rings. The van der Waals surface area contributed by atoms with Gasteiger partial charge in [-0.1, -0.05) is 18.2 Å². The Morgan fingerprint density at radius 2 is 1.81 bits per heavy atom. The molecule has 1 saturated heterocycles. The highest BCUT2D eigenvalue weighted by atomic mass is 32.2. The van der Waals surface area contributed by atoms with Crippen LogP contribution in [0, 0.1) is 6.92 Å². The number of nitrogens with zero attached hydrogens (tertiary/aromatic N) is 1. The molecule has 1 aliphatic heterocycles. The van der Waals surface area contributed by atoms with Gasteiger partial charge in [-0.3, -0.25) is 4.79 Å². The summed E-state index contributed by atoms with van der Waals surface area (Å²) in [6.45, 7) is 5.67. The van der Waals surface area contributed by atoms with Crippen molar-refractivity contribution < 1.29 is 27.4 Å². The summed E-state index contributed by atoms with van der Waals surface area (Å²) < 4.78 is 43.2. The number of para-hydroxylation sites is 1. The molecule has 1 atom stereocenters. The predicted molar refractivity (Wildman–Crippen MR) is 116 cm³/mol. The third kappa shape index (κ3) is 6.19. The number of rotatable bonds is 9. The van der Waals surface area contributed by atoms with E-state index in [1.54, 1.807) is 19.1 Å². The van der Waals surface area contributed by atoms with Crippen LogP contribution in [0.1, 0.15) is 12.5 Å². The monoisotopic (exact) mass is 448 g/mol. The zero-order valence-electron chi connectivity index (χ0n) is 17.7. The second-order valence-electron chi connectivity index (χ2n) is 7.15. The molecule has 1 amide bonds. The molecule has 0 saturated carbocycles. The Morgan fingerprint density at radius 1 is 1.13 bits per heavy atom. The molecule has 1 aliphatic rings. The molecule has 0 spiro atoms. The van der Waals surface area contributed by atoms with Crippen LogP contribution in [0.2, 0.25) is 0 Å². The lowest BCUT2D eigenvalue weighted by Crippen LogP contribution is -2.40. The zero-order valence-corrected chi connectivity index (χ0v) is 18.6. The average Bonchev–Trinajstić information content (AvgIpc) is 2.79. The fourth-order valence-electron chi connectivity index (χ4n) is 3.06. The highest BCUT2D eigenvalue weighted by Gasteiger charge is 2.26. The topological polar surface area (TPSA) is 94.2 Å². The van der Waals surface area contributed by atoms with Crippen molar-refractivity contribution in [2.24, 2.45) is 0 Å². The molecule has 9 heteroatoms. The van der Waals surface area contributed by atoms with E-state index >= 15 is 0 Å². The summed E-state index contributed by atoms with van der Waals surface area (Å²) in [6, 6.07) is 13.8. The fourth-order valence-corrected chi connectivity index (χ4v) is 4.47. The van der Waals surface area contributed by atoms with Crippen LogP contribution in [-0.2, 0) is 19.6 Å². The summed E-state index contributed by atoms with van der Waals surface area (Å²) in [5.74, 6) is 0.965. The number of aryl methyl sites for hydroxylation is 1. The van der Waals surface area contributed by atoms with Crippen molar-refractivity contribution in [3.8, 4) is 11.5 Å². The normalized spacial score (nSPS) is 15.8. The molecule has 1 N–H and O–H groups in total. The summed E-state index contributed by atoms with van der Waals surface area (Å²) in [4.78, 5) is 12.4. The number of sulfonamides is 1. The average molecular weight is 449 g/mol. The largest absolute Gasteiger partial charge is 0.492 e. The number of benzene rings is 2. The summed E-state index contributed by atoms with van der Waals surface area (Å²) in [5.41, 5.74) is 0.963. The molecule has 1 fully saturated rings. The molecule has 0 aromatic heterocycles. The van der Waals surface area contributed by atoms with Gasteiger partial charge in [0.2, 0.25) is 10.0 Å². The smallest absolute Gasteiger partial charge is 0.260 e. The van der Waals surface area contributed by atoms with Gasteiger partial charge in [0.05, 0.1) is 24.7 Å². The van der Waals surface area contributed by atoms with Crippen molar-refractivity contribution in [3.63, 3.8) is 0 Å². The first kappa shape index (κ1) is 23.1. The van der Waals surface area contributed by atoms with E-state index in [4.69, 9.17) is 14.2 Å². The molecule has 168 valence electrons. The molecule has 0 radical (unpaired) electrons.